The zero-order valence-electron chi connectivity index (χ0n) is 12.6. The molecule has 2 rings (SSSR count). The lowest BCUT2D eigenvalue weighted by Gasteiger charge is -2.07. The van der Waals surface area contributed by atoms with Gasteiger partial charge >= 0.3 is 0 Å². The number of carbonyl (C=O) groups is 1. The van der Waals surface area contributed by atoms with Crippen molar-refractivity contribution in [2.45, 2.75) is 26.7 Å². The number of nitrogens with one attached hydrogen (secondary N) is 1. The number of anilines is 1. The summed E-state index contributed by atoms with van der Waals surface area (Å²) in [5.74, 6) is 0.867. The highest BCUT2D eigenvalue weighted by Gasteiger charge is 2.02. The number of hydrogen-bond donors (Lipinski definition) is 1. The van der Waals surface area contributed by atoms with Crippen molar-refractivity contribution in [3.05, 3.63) is 59.7 Å². The number of amides is 1. The summed E-state index contributed by atoms with van der Waals surface area (Å²) in [6, 6.07) is 15.7. The molecule has 0 aliphatic carbocycles. The minimum atomic E-state index is 0.0198. The van der Waals surface area contributed by atoms with Gasteiger partial charge in [0.25, 0.3) is 0 Å². The summed E-state index contributed by atoms with van der Waals surface area (Å²) in [6.07, 6.45) is 1.16. The van der Waals surface area contributed by atoms with E-state index in [4.69, 9.17) is 4.74 Å². The number of ether oxygens (including phenoxy) is 1. The van der Waals surface area contributed by atoms with Gasteiger partial charge in [-0.25, -0.2) is 0 Å². The summed E-state index contributed by atoms with van der Waals surface area (Å²) in [5, 5.41) is 2.88. The summed E-state index contributed by atoms with van der Waals surface area (Å²) < 4.78 is 5.60. The first-order valence-corrected chi connectivity index (χ1v) is 7.19. The standard InChI is InChI=1S/C18H21NO2/c1-14-5-9-16(10-6-14)19-18(20)4-3-13-21-17-11-7-15(2)8-12-17/h5-12H,3-4,13H2,1-2H3,(H,19,20). The molecule has 0 unspecified atom stereocenters. The Morgan fingerprint density at radius 1 is 0.952 bits per heavy atom. The Labute approximate surface area is 126 Å². The molecule has 110 valence electrons. The fourth-order valence-electron chi connectivity index (χ4n) is 1.92. The molecule has 1 N–H and O–H groups in total. The second-order valence-electron chi connectivity index (χ2n) is 5.18. The average Bonchev–Trinajstić information content (AvgIpc) is 2.48. The molecule has 2 aromatic carbocycles. The molecule has 3 nitrogen and oxygen atoms in total. The summed E-state index contributed by atoms with van der Waals surface area (Å²) >= 11 is 0. The van der Waals surface area contributed by atoms with Crippen LogP contribution in [0.25, 0.3) is 0 Å². The van der Waals surface area contributed by atoms with Gasteiger partial charge in [-0.15, -0.1) is 0 Å². The minimum absolute atomic E-state index is 0.0198. The van der Waals surface area contributed by atoms with Crippen LogP contribution >= 0.6 is 0 Å². The van der Waals surface area contributed by atoms with Gasteiger partial charge in [-0.2, -0.15) is 0 Å². The van der Waals surface area contributed by atoms with Gasteiger partial charge in [0.2, 0.25) is 5.91 Å². The highest BCUT2D eigenvalue weighted by molar-refractivity contribution is 5.90. The first kappa shape index (κ1) is 15.1. The minimum Gasteiger partial charge on any atom is -0.494 e. The summed E-state index contributed by atoms with van der Waals surface area (Å²) in [7, 11) is 0. The van der Waals surface area contributed by atoms with Gasteiger partial charge in [0.15, 0.2) is 0 Å². The fourth-order valence-corrected chi connectivity index (χ4v) is 1.92. The maximum absolute atomic E-state index is 11.8. The quantitative estimate of drug-likeness (QED) is 0.810. The van der Waals surface area contributed by atoms with Crippen molar-refractivity contribution in [1.82, 2.24) is 0 Å². The maximum Gasteiger partial charge on any atom is 0.224 e. The smallest absolute Gasteiger partial charge is 0.224 e. The van der Waals surface area contributed by atoms with Crippen LogP contribution in [0.4, 0.5) is 5.69 Å². The normalized spacial score (nSPS) is 10.2. The van der Waals surface area contributed by atoms with Crippen molar-refractivity contribution in [2.24, 2.45) is 0 Å². The summed E-state index contributed by atoms with van der Waals surface area (Å²) in [4.78, 5) is 11.8. The molecule has 0 aliphatic rings. The van der Waals surface area contributed by atoms with Gasteiger partial charge in [-0.05, 0) is 44.5 Å². The van der Waals surface area contributed by atoms with Gasteiger partial charge < -0.3 is 10.1 Å². The van der Waals surface area contributed by atoms with E-state index in [2.05, 4.69) is 5.32 Å². The van der Waals surface area contributed by atoms with Crippen LogP contribution in [-0.4, -0.2) is 12.5 Å². The molecule has 0 spiro atoms. The van der Waals surface area contributed by atoms with Crippen molar-refractivity contribution in [3.63, 3.8) is 0 Å². The van der Waals surface area contributed by atoms with E-state index in [1.165, 1.54) is 11.1 Å². The Morgan fingerprint density at radius 3 is 2.14 bits per heavy atom. The van der Waals surface area contributed by atoms with E-state index < -0.39 is 0 Å². The van der Waals surface area contributed by atoms with Crippen LogP contribution in [-0.2, 0) is 4.79 Å². The van der Waals surface area contributed by atoms with E-state index in [9.17, 15) is 4.79 Å². The van der Waals surface area contributed by atoms with Gasteiger partial charge in [-0.1, -0.05) is 35.4 Å². The molecule has 0 fully saturated rings. The molecule has 0 heterocycles. The molecule has 21 heavy (non-hydrogen) atoms. The molecule has 0 saturated carbocycles. The first-order valence-electron chi connectivity index (χ1n) is 7.19. The molecular formula is C18H21NO2. The van der Waals surface area contributed by atoms with E-state index in [0.717, 1.165) is 11.4 Å². The van der Waals surface area contributed by atoms with Crippen molar-refractivity contribution < 1.29 is 9.53 Å². The van der Waals surface area contributed by atoms with Crippen LogP contribution < -0.4 is 10.1 Å². The predicted molar refractivity (Wildman–Crippen MR) is 85.7 cm³/mol. The molecule has 1 amide bonds. The predicted octanol–water partition coefficient (Wildman–Crippen LogP) is 4.10. The number of aryl methyl sites for hydroxylation is 2. The SMILES string of the molecule is Cc1ccc(NC(=O)CCCOc2ccc(C)cc2)cc1. The van der Waals surface area contributed by atoms with E-state index >= 15 is 0 Å². The lowest BCUT2D eigenvalue weighted by molar-refractivity contribution is -0.116. The largest absolute Gasteiger partial charge is 0.494 e. The Kier molecular flexibility index (Phi) is 5.38. The number of hydrogen-bond acceptors (Lipinski definition) is 2. The van der Waals surface area contributed by atoms with Crippen molar-refractivity contribution in [3.8, 4) is 5.75 Å². The Bertz CT molecular complexity index is 573. The monoisotopic (exact) mass is 283 g/mol. The molecule has 3 heteroatoms. The van der Waals surface area contributed by atoms with E-state index in [0.29, 0.717) is 19.4 Å². The van der Waals surface area contributed by atoms with Crippen molar-refractivity contribution in [1.29, 1.82) is 0 Å². The Morgan fingerprint density at radius 2 is 1.52 bits per heavy atom. The van der Waals surface area contributed by atoms with Gasteiger partial charge in [-0.3, -0.25) is 4.79 Å². The van der Waals surface area contributed by atoms with Gasteiger partial charge in [0.05, 0.1) is 6.61 Å². The average molecular weight is 283 g/mol. The molecule has 0 aliphatic heterocycles. The number of rotatable bonds is 6. The van der Waals surface area contributed by atoms with Crippen LogP contribution in [0.15, 0.2) is 48.5 Å². The van der Waals surface area contributed by atoms with Gasteiger partial charge in [0.1, 0.15) is 5.75 Å². The van der Waals surface area contributed by atoms with E-state index in [-0.39, 0.29) is 5.91 Å². The zero-order valence-corrected chi connectivity index (χ0v) is 12.6. The molecule has 0 atom stereocenters. The molecule has 0 bridgehead atoms. The van der Waals surface area contributed by atoms with Crippen LogP contribution in [0.1, 0.15) is 24.0 Å². The highest BCUT2D eigenvalue weighted by atomic mass is 16.5. The van der Waals surface area contributed by atoms with Crippen LogP contribution in [0, 0.1) is 13.8 Å². The summed E-state index contributed by atoms with van der Waals surface area (Å²) in [5.41, 5.74) is 3.23. The van der Waals surface area contributed by atoms with E-state index in [1.54, 1.807) is 0 Å². The third-order valence-corrected chi connectivity index (χ3v) is 3.17. The van der Waals surface area contributed by atoms with Crippen molar-refractivity contribution in [2.75, 3.05) is 11.9 Å². The highest BCUT2D eigenvalue weighted by Crippen LogP contribution is 2.12. The number of benzene rings is 2. The molecular weight excluding hydrogens is 262 g/mol. The van der Waals surface area contributed by atoms with Crippen LogP contribution in [0.3, 0.4) is 0 Å². The van der Waals surface area contributed by atoms with E-state index in [1.807, 2.05) is 62.4 Å². The zero-order chi connectivity index (χ0) is 15.1. The lowest BCUT2D eigenvalue weighted by Crippen LogP contribution is -2.12. The summed E-state index contributed by atoms with van der Waals surface area (Å²) in [6.45, 7) is 4.61. The number of carbonyl (C=O) groups excluding carboxylic acids is 1. The first-order chi connectivity index (χ1) is 10.1. The Hall–Kier alpha value is -2.29. The topological polar surface area (TPSA) is 38.3 Å². The Balaban J connectivity index is 1.67. The van der Waals surface area contributed by atoms with Gasteiger partial charge in [0, 0.05) is 12.1 Å². The third kappa shape index (κ3) is 5.30. The molecule has 0 aromatic heterocycles. The third-order valence-electron chi connectivity index (χ3n) is 3.17. The lowest BCUT2D eigenvalue weighted by atomic mass is 10.2. The molecule has 2 aromatic rings. The maximum atomic E-state index is 11.8. The second-order valence-corrected chi connectivity index (χ2v) is 5.18. The van der Waals surface area contributed by atoms with Crippen LogP contribution in [0.2, 0.25) is 0 Å². The molecule has 0 radical (unpaired) electrons. The fraction of sp³-hybridized carbons (Fsp3) is 0.278. The van der Waals surface area contributed by atoms with Crippen molar-refractivity contribution >= 4 is 11.6 Å². The second kappa shape index (κ2) is 7.48. The van der Waals surface area contributed by atoms with Crippen LogP contribution in [0.5, 0.6) is 5.75 Å². The molecule has 0 saturated heterocycles.